The summed E-state index contributed by atoms with van der Waals surface area (Å²) in [5.74, 6) is -2.22. The number of hydrogen-bond acceptors (Lipinski definition) is 5. The Hall–Kier alpha value is -2.59. The summed E-state index contributed by atoms with van der Waals surface area (Å²) < 4.78 is 43.2. The average molecular weight is 449 g/mol. The van der Waals surface area contributed by atoms with Gasteiger partial charge < -0.3 is 15.4 Å². The maximum absolute atomic E-state index is 12.8. The molecule has 2 N–H and O–H groups in total. The number of benzene rings is 1. The lowest BCUT2D eigenvalue weighted by Gasteiger charge is -2.15. The maximum atomic E-state index is 12.8. The number of esters is 1. The number of carbonyl (C=O) groups excluding carboxylic acids is 3. The summed E-state index contributed by atoms with van der Waals surface area (Å²) in [7, 11) is 0. The molecule has 0 saturated carbocycles. The predicted molar refractivity (Wildman–Crippen MR) is 102 cm³/mol. The van der Waals surface area contributed by atoms with Gasteiger partial charge >= 0.3 is 12.1 Å². The number of carbonyl (C=O) groups is 3. The monoisotopic (exact) mass is 448 g/mol. The molecule has 2 aromatic rings. The molecule has 0 bridgehead atoms. The van der Waals surface area contributed by atoms with Crippen molar-refractivity contribution in [3.8, 4) is 0 Å². The summed E-state index contributed by atoms with van der Waals surface area (Å²) in [5, 5.41) is 4.44. The zero-order chi connectivity index (χ0) is 21.8. The Balaban J connectivity index is 1.90. The van der Waals surface area contributed by atoms with Gasteiger partial charge in [-0.2, -0.15) is 13.2 Å². The number of hydrogen-bond donors (Lipinski definition) is 2. The summed E-state index contributed by atoms with van der Waals surface area (Å²) in [6, 6.07) is 5.81. The van der Waals surface area contributed by atoms with Gasteiger partial charge in [-0.05, 0) is 44.2 Å². The number of nitrogens with one attached hydrogen (secondary N) is 2. The number of aryl methyl sites for hydroxylation is 1. The van der Waals surface area contributed by atoms with Gasteiger partial charge in [0.15, 0.2) is 6.10 Å². The van der Waals surface area contributed by atoms with Crippen LogP contribution < -0.4 is 10.6 Å². The van der Waals surface area contributed by atoms with Crippen LogP contribution >= 0.6 is 22.9 Å². The average Bonchev–Trinajstić information content (AvgIpc) is 3.07. The largest absolute Gasteiger partial charge is 0.451 e. The van der Waals surface area contributed by atoms with Gasteiger partial charge in [-0.3, -0.25) is 14.4 Å². The molecule has 0 saturated heterocycles. The van der Waals surface area contributed by atoms with Crippen molar-refractivity contribution in [2.24, 2.45) is 0 Å². The fourth-order valence-corrected chi connectivity index (χ4v) is 3.07. The van der Waals surface area contributed by atoms with Crippen molar-refractivity contribution in [1.29, 1.82) is 0 Å². The van der Waals surface area contributed by atoms with E-state index in [1.807, 2.05) is 6.92 Å². The van der Waals surface area contributed by atoms with E-state index >= 15 is 0 Å². The van der Waals surface area contributed by atoms with Crippen molar-refractivity contribution in [3.05, 3.63) is 50.7 Å². The fourth-order valence-electron chi connectivity index (χ4n) is 2.12. The third-order valence-electron chi connectivity index (χ3n) is 3.59. The van der Waals surface area contributed by atoms with Crippen LogP contribution in [0.25, 0.3) is 0 Å². The van der Waals surface area contributed by atoms with E-state index in [0.29, 0.717) is 10.9 Å². The second-order valence-electron chi connectivity index (χ2n) is 5.91. The molecule has 1 aromatic carbocycles. The van der Waals surface area contributed by atoms with E-state index in [0.717, 1.165) is 17.0 Å². The van der Waals surface area contributed by atoms with Crippen molar-refractivity contribution in [2.45, 2.75) is 26.1 Å². The van der Waals surface area contributed by atoms with Crippen molar-refractivity contribution in [1.82, 2.24) is 5.32 Å². The van der Waals surface area contributed by atoms with Crippen LogP contribution in [-0.4, -0.2) is 30.4 Å². The number of amides is 2. The second-order valence-corrected chi connectivity index (χ2v) is 7.60. The molecular formula is C18H16ClF3N2O4S. The summed E-state index contributed by atoms with van der Waals surface area (Å²) in [6.07, 6.45) is -5.93. The zero-order valence-corrected chi connectivity index (χ0v) is 16.8. The molecule has 1 heterocycles. The van der Waals surface area contributed by atoms with E-state index in [-0.39, 0.29) is 10.7 Å². The van der Waals surface area contributed by atoms with Crippen LogP contribution in [0.3, 0.4) is 0 Å². The predicted octanol–water partition coefficient (Wildman–Crippen LogP) is 4.03. The van der Waals surface area contributed by atoms with E-state index in [2.05, 4.69) is 10.6 Å². The van der Waals surface area contributed by atoms with Crippen molar-refractivity contribution in [3.63, 3.8) is 0 Å². The Morgan fingerprint density at radius 3 is 2.48 bits per heavy atom. The normalized spacial score (nSPS) is 12.2. The number of thiophene rings is 1. The third kappa shape index (κ3) is 6.47. The molecule has 1 aromatic heterocycles. The highest BCUT2D eigenvalue weighted by Gasteiger charge is 2.31. The lowest BCUT2D eigenvalue weighted by atomic mass is 10.2. The van der Waals surface area contributed by atoms with Crippen LogP contribution in [0.4, 0.5) is 18.9 Å². The van der Waals surface area contributed by atoms with E-state index in [4.69, 9.17) is 16.3 Å². The third-order valence-corrected chi connectivity index (χ3v) is 4.92. The summed E-state index contributed by atoms with van der Waals surface area (Å²) in [4.78, 5) is 37.1. The van der Waals surface area contributed by atoms with E-state index in [1.54, 1.807) is 12.1 Å². The summed E-state index contributed by atoms with van der Waals surface area (Å²) in [6.45, 7) is 2.59. The molecular weight excluding hydrogens is 433 g/mol. The number of halogens is 4. The van der Waals surface area contributed by atoms with Gasteiger partial charge in [-0.25, -0.2) is 0 Å². The second kappa shape index (κ2) is 9.27. The molecule has 11 heteroatoms. The Morgan fingerprint density at radius 1 is 1.21 bits per heavy atom. The lowest BCUT2D eigenvalue weighted by Crippen LogP contribution is -2.35. The van der Waals surface area contributed by atoms with E-state index < -0.39 is 42.2 Å². The van der Waals surface area contributed by atoms with E-state index in [1.165, 1.54) is 18.3 Å². The van der Waals surface area contributed by atoms with Crippen LogP contribution in [-0.2, 0) is 20.5 Å². The number of anilines is 1. The number of alkyl halides is 3. The molecule has 0 aliphatic carbocycles. The molecule has 0 aliphatic rings. The van der Waals surface area contributed by atoms with Gasteiger partial charge in [-0.15, -0.1) is 11.3 Å². The Kier molecular flexibility index (Phi) is 7.26. The SMILES string of the molecule is Cc1ccc(C(=O)NCC(=O)OC(C)C(=O)Nc2cc(C(F)(F)F)ccc2Cl)s1. The first kappa shape index (κ1) is 22.7. The van der Waals surface area contributed by atoms with Crippen LogP contribution in [0.15, 0.2) is 30.3 Å². The molecule has 1 unspecified atom stereocenters. The topological polar surface area (TPSA) is 84.5 Å². The minimum absolute atomic E-state index is 0.108. The minimum atomic E-state index is -4.61. The Bertz CT molecular complexity index is 930. The summed E-state index contributed by atoms with van der Waals surface area (Å²) in [5.41, 5.74) is -1.26. The molecule has 6 nitrogen and oxygen atoms in total. The molecule has 0 spiro atoms. The van der Waals surface area contributed by atoms with Gasteiger partial charge in [0.05, 0.1) is 21.2 Å². The number of ether oxygens (including phenoxy) is 1. The van der Waals surface area contributed by atoms with Gasteiger partial charge in [0.1, 0.15) is 6.54 Å². The molecule has 1 atom stereocenters. The highest BCUT2D eigenvalue weighted by atomic mass is 35.5. The van der Waals surface area contributed by atoms with Gasteiger partial charge in [0, 0.05) is 4.88 Å². The van der Waals surface area contributed by atoms with Crippen molar-refractivity contribution in [2.75, 3.05) is 11.9 Å². The van der Waals surface area contributed by atoms with Crippen molar-refractivity contribution >= 4 is 46.4 Å². The smallest absolute Gasteiger partial charge is 0.416 e. The quantitative estimate of drug-likeness (QED) is 0.653. The first-order valence-corrected chi connectivity index (χ1v) is 9.38. The Morgan fingerprint density at radius 2 is 1.90 bits per heavy atom. The molecule has 0 radical (unpaired) electrons. The van der Waals surface area contributed by atoms with Gasteiger partial charge in [0.2, 0.25) is 0 Å². The first-order valence-electron chi connectivity index (χ1n) is 8.19. The Labute approximate surface area is 173 Å². The van der Waals surface area contributed by atoms with Crippen LogP contribution in [0.2, 0.25) is 5.02 Å². The fraction of sp³-hybridized carbons (Fsp3) is 0.278. The molecule has 29 heavy (non-hydrogen) atoms. The van der Waals surface area contributed by atoms with Crippen LogP contribution in [0, 0.1) is 6.92 Å². The van der Waals surface area contributed by atoms with E-state index in [9.17, 15) is 27.6 Å². The van der Waals surface area contributed by atoms with Gasteiger partial charge in [0.25, 0.3) is 11.8 Å². The van der Waals surface area contributed by atoms with Crippen LogP contribution in [0.1, 0.15) is 27.0 Å². The molecule has 156 valence electrons. The molecule has 0 aliphatic heterocycles. The van der Waals surface area contributed by atoms with Crippen molar-refractivity contribution < 1.29 is 32.3 Å². The number of rotatable bonds is 6. The molecule has 0 fully saturated rings. The zero-order valence-electron chi connectivity index (χ0n) is 15.2. The standard InChI is InChI=1S/C18H16ClF3N2O4S/c1-9-3-6-14(29-9)17(27)23-8-15(25)28-10(2)16(26)24-13-7-11(18(20,21)22)4-5-12(13)19/h3-7,10H,8H2,1-2H3,(H,23,27)(H,24,26). The maximum Gasteiger partial charge on any atom is 0.416 e. The lowest BCUT2D eigenvalue weighted by molar-refractivity contribution is -0.152. The van der Waals surface area contributed by atoms with Gasteiger partial charge in [-0.1, -0.05) is 11.6 Å². The highest BCUT2D eigenvalue weighted by Crippen LogP contribution is 2.33. The molecule has 2 rings (SSSR count). The first-order chi connectivity index (χ1) is 13.5. The molecule has 2 amide bonds. The van der Waals surface area contributed by atoms with Crippen LogP contribution in [0.5, 0.6) is 0 Å². The minimum Gasteiger partial charge on any atom is -0.451 e. The summed E-state index contributed by atoms with van der Waals surface area (Å²) >= 11 is 7.06. The highest BCUT2D eigenvalue weighted by molar-refractivity contribution is 7.13.